The highest BCUT2D eigenvalue weighted by Gasteiger charge is 2.15. The highest BCUT2D eigenvalue weighted by Crippen LogP contribution is 2.28. The maximum atomic E-state index is 13.3. The van der Waals surface area contributed by atoms with Crippen LogP contribution in [0.3, 0.4) is 0 Å². The van der Waals surface area contributed by atoms with E-state index in [1.165, 1.54) is 35.2 Å². The Labute approximate surface area is 175 Å². The van der Waals surface area contributed by atoms with E-state index in [2.05, 4.69) is 26.6 Å². The van der Waals surface area contributed by atoms with Gasteiger partial charge in [0, 0.05) is 12.1 Å². The van der Waals surface area contributed by atoms with Gasteiger partial charge in [0.05, 0.1) is 16.0 Å². The van der Waals surface area contributed by atoms with Gasteiger partial charge in [0.2, 0.25) is 5.91 Å². The molecule has 1 amide bonds. The van der Waals surface area contributed by atoms with Gasteiger partial charge in [-0.3, -0.25) is 4.79 Å². The summed E-state index contributed by atoms with van der Waals surface area (Å²) in [6, 6.07) is 12.5. The fourth-order valence-corrected chi connectivity index (χ4v) is 4.62. The molecule has 1 N–H and O–H groups in total. The van der Waals surface area contributed by atoms with E-state index in [0.717, 1.165) is 17.0 Å². The first-order chi connectivity index (χ1) is 14.0. The quantitative estimate of drug-likeness (QED) is 0.450. The zero-order chi connectivity index (χ0) is 20.4. The predicted molar refractivity (Wildman–Crippen MR) is 115 cm³/mol. The van der Waals surface area contributed by atoms with Gasteiger partial charge in [0.15, 0.2) is 16.1 Å². The molecule has 0 saturated carbocycles. The highest BCUT2D eigenvalue weighted by molar-refractivity contribution is 7.99. The molecule has 2 aromatic heterocycles. The molecule has 0 aliphatic heterocycles. The minimum absolute atomic E-state index is 0.177. The van der Waals surface area contributed by atoms with Crippen LogP contribution in [0.2, 0.25) is 0 Å². The topological polar surface area (TPSA) is 72.7 Å². The Kier molecular flexibility index (Phi) is 5.59. The van der Waals surface area contributed by atoms with Crippen LogP contribution in [-0.4, -0.2) is 31.4 Å². The molecule has 9 heteroatoms. The third-order valence-corrected chi connectivity index (χ3v) is 6.14. The Balaban J connectivity index is 1.45. The van der Waals surface area contributed by atoms with Gasteiger partial charge < -0.3 is 9.88 Å². The van der Waals surface area contributed by atoms with Gasteiger partial charge in [-0.15, -0.1) is 10.2 Å². The number of amides is 1. The molecule has 0 aliphatic carbocycles. The lowest BCUT2D eigenvalue weighted by molar-refractivity contribution is -0.113. The third kappa shape index (κ3) is 4.30. The summed E-state index contributed by atoms with van der Waals surface area (Å²) < 4.78 is 16.0. The second-order valence-electron chi connectivity index (χ2n) is 6.39. The van der Waals surface area contributed by atoms with Crippen molar-refractivity contribution in [3.63, 3.8) is 0 Å². The number of rotatable bonds is 6. The first-order valence-corrected chi connectivity index (χ1v) is 10.8. The van der Waals surface area contributed by atoms with Crippen molar-refractivity contribution in [2.24, 2.45) is 0 Å². The summed E-state index contributed by atoms with van der Waals surface area (Å²) in [6.07, 6.45) is 0. The van der Waals surface area contributed by atoms with Crippen LogP contribution in [0.15, 0.2) is 47.6 Å². The summed E-state index contributed by atoms with van der Waals surface area (Å²) in [5.41, 5.74) is 2.81. The number of hydrogen-bond acceptors (Lipinski definition) is 6. The Morgan fingerprint density at radius 2 is 2.10 bits per heavy atom. The van der Waals surface area contributed by atoms with Gasteiger partial charge in [-0.25, -0.2) is 9.37 Å². The molecule has 0 unspecified atom stereocenters. The molecule has 0 bridgehead atoms. The lowest BCUT2D eigenvalue weighted by Gasteiger charge is -2.07. The molecular weight excluding hydrogens is 409 g/mol. The second kappa shape index (κ2) is 8.30. The minimum atomic E-state index is -0.321. The van der Waals surface area contributed by atoms with E-state index in [9.17, 15) is 9.18 Å². The standard InChI is InChI=1S/C20H18FN5OS2/c1-3-26-18(13-6-4-5-12(2)9-13)24-25-20(26)28-11-17(27)23-19-22-15-8-7-14(21)10-16(15)29-19/h4-10H,3,11H2,1-2H3,(H,22,23,27). The number of halogens is 1. The van der Waals surface area contributed by atoms with Crippen LogP contribution in [0.4, 0.5) is 9.52 Å². The Bertz CT molecular complexity index is 1190. The molecule has 0 fully saturated rings. The molecule has 0 atom stereocenters. The van der Waals surface area contributed by atoms with Crippen molar-refractivity contribution in [2.75, 3.05) is 11.1 Å². The van der Waals surface area contributed by atoms with E-state index in [1.54, 1.807) is 6.07 Å². The van der Waals surface area contributed by atoms with Crippen molar-refractivity contribution in [3.05, 3.63) is 53.8 Å². The SMILES string of the molecule is CCn1c(SCC(=O)Nc2nc3ccc(F)cc3s2)nnc1-c1cccc(C)c1. The summed E-state index contributed by atoms with van der Waals surface area (Å²) in [7, 11) is 0. The van der Waals surface area contributed by atoms with Crippen molar-refractivity contribution in [3.8, 4) is 11.4 Å². The van der Waals surface area contributed by atoms with Gasteiger partial charge in [0.25, 0.3) is 0 Å². The van der Waals surface area contributed by atoms with E-state index in [-0.39, 0.29) is 17.5 Å². The molecular formula is C20H18FN5OS2. The number of hydrogen-bond donors (Lipinski definition) is 1. The van der Waals surface area contributed by atoms with Gasteiger partial charge in [-0.1, -0.05) is 46.9 Å². The van der Waals surface area contributed by atoms with Gasteiger partial charge in [-0.05, 0) is 38.1 Å². The smallest absolute Gasteiger partial charge is 0.236 e. The van der Waals surface area contributed by atoms with E-state index < -0.39 is 0 Å². The summed E-state index contributed by atoms with van der Waals surface area (Å²) in [5.74, 6) is 0.443. The zero-order valence-corrected chi connectivity index (χ0v) is 17.5. The number of nitrogens with one attached hydrogen (secondary N) is 1. The van der Waals surface area contributed by atoms with Gasteiger partial charge in [0.1, 0.15) is 5.82 Å². The number of carbonyl (C=O) groups excluding carboxylic acids is 1. The monoisotopic (exact) mass is 427 g/mol. The normalized spacial score (nSPS) is 11.1. The first-order valence-electron chi connectivity index (χ1n) is 9.02. The summed E-state index contributed by atoms with van der Waals surface area (Å²) >= 11 is 2.57. The Hall–Kier alpha value is -2.78. The zero-order valence-electron chi connectivity index (χ0n) is 15.8. The number of thiazole rings is 1. The number of carbonyl (C=O) groups is 1. The third-order valence-electron chi connectivity index (χ3n) is 4.24. The lowest BCUT2D eigenvalue weighted by atomic mass is 10.1. The van der Waals surface area contributed by atoms with E-state index in [1.807, 2.05) is 36.6 Å². The molecule has 6 nitrogen and oxygen atoms in total. The summed E-state index contributed by atoms with van der Waals surface area (Å²) in [6.45, 7) is 4.75. The molecule has 0 saturated heterocycles. The Morgan fingerprint density at radius 3 is 2.90 bits per heavy atom. The van der Waals surface area contributed by atoms with Crippen LogP contribution in [-0.2, 0) is 11.3 Å². The molecule has 0 spiro atoms. The fourth-order valence-electron chi connectivity index (χ4n) is 2.92. The van der Waals surface area contributed by atoms with Crippen LogP contribution >= 0.6 is 23.1 Å². The molecule has 0 aliphatic rings. The van der Waals surface area contributed by atoms with E-state index >= 15 is 0 Å². The number of fused-ring (bicyclic) bond motifs is 1. The maximum absolute atomic E-state index is 13.3. The molecule has 2 aromatic carbocycles. The highest BCUT2D eigenvalue weighted by atomic mass is 32.2. The van der Waals surface area contributed by atoms with Crippen LogP contribution in [0.25, 0.3) is 21.6 Å². The number of benzene rings is 2. The van der Waals surface area contributed by atoms with E-state index in [0.29, 0.717) is 27.0 Å². The van der Waals surface area contributed by atoms with Gasteiger partial charge in [-0.2, -0.15) is 0 Å². The first kappa shape index (κ1) is 19.5. The predicted octanol–water partition coefficient (Wildman–Crippen LogP) is 4.75. The van der Waals surface area contributed by atoms with Crippen molar-refractivity contribution < 1.29 is 9.18 Å². The summed E-state index contributed by atoms with van der Waals surface area (Å²) in [5, 5.41) is 12.5. The maximum Gasteiger partial charge on any atom is 0.236 e. The number of anilines is 1. The van der Waals surface area contributed by atoms with Crippen molar-refractivity contribution in [1.29, 1.82) is 0 Å². The van der Waals surface area contributed by atoms with Crippen LogP contribution in [0.5, 0.6) is 0 Å². The fraction of sp³-hybridized carbons (Fsp3) is 0.200. The van der Waals surface area contributed by atoms with Crippen molar-refractivity contribution in [2.45, 2.75) is 25.5 Å². The number of nitrogens with zero attached hydrogens (tertiary/aromatic N) is 4. The average Bonchev–Trinajstić information content (AvgIpc) is 3.28. The molecule has 0 radical (unpaired) electrons. The molecule has 4 aromatic rings. The van der Waals surface area contributed by atoms with Crippen LogP contribution < -0.4 is 5.32 Å². The number of thioether (sulfide) groups is 1. The minimum Gasteiger partial charge on any atom is -0.302 e. The molecule has 148 valence electrons. The van der Waals surface area contributed by atoms with Crippen LogP contribution in [0.1, 0.15) is 12.5 Å². The average molecular weight is 428 g/mol. The largest absolute Gasteiger partial charge is 0.302 e. The van der Waals surface area contributed by atoms with Crippen LogP contribution in [0, 0.1) is 12.7 Å². The molecule has 29 heavy (non-hydrogen) atoms. The lowest BCUT2D eigenvalue weighted by Crippen LogP contribution is -2.14. The number of aromatic nitrogens is 4. The second-order valence-corrected chi connectivity index (χ2v) is 8.36. The van der Waals surface area contributed by atoms with Gasteiger partial charge >= 0.3 is 0 Å². The van der Waals surface area contributed by atoms with Crippen molar-refractivity contribution in [1.82, 2.24) is 19.7 Å². The summed E-state index contributed by atoms with van der Waals surface area (Å²) in [4.78, 5) is 16.7. The molecule has 2 heterocycles. The number of aryl methyl sites for hydroxylation is 1. The van der Waals surface area contributed by atoms with Crippen molar-refractivity contribution >= 4 is 44.4 Å². The Morgan fingerprint density at radius 1 is 1.24 bits per heavy atom. The van der Waals surface area contributed by atoms with E-state index in [4.69, 9.17) is 0 Å². The molecule has 4 rings (SSSR count).